The van der Waals surface area contributed by atoms with Gasteiger partial charge in [0.05, 0.1) is 17.9 Å². The van der Waals surface area contributed by atoms with Crippen molar-refractivity contribution in [2.24, 2.45) is 0 Å². The van der Waals surface area contributed by atoms with Gasteiger partial charge in [0, 0.05) is 31.2 Å². The largest absolute Gasteiger partial charge is 0.467 e. The second-order valence-electron chi connectivity index (χ2n) is 5.44. The molecule has 0 aliphatic carbocycles. The maximum Gasteiger partial charge on any atom is 0.416 e. The predicted molar refractivity (Wildman–Crippen MR) is 81.4 cm³/mol. The third kappa shape index (κ3) is 3.54. The van der Waals surface area contributed by atoms with E-state index >= 15 is 0 Å². The van der Waals surface area contributed by atoms with Gasteiger partial charge in [0.2, 0.25) is 0 Å². The number of piperazine rings is 1. The Balaban J connectivity index is 2.06. The molecule has 2 aromatic rings. The minimum Gasteiger partial charge on any atom is -0.467 e. The SMILES string of the molecule is FC(F)(F)c1ccc(Cl)c([C@H](c2ccco2)N2CCNCC2)c1. The summed E-state index contributed by atoms with van der Waals surface area (Å²) in [5, 5.41) is 3.53. The molecule has 0 unspecified atom stereocenters. The first kappa shape index (κ1) is 16.4. The van der Waals surface area contributed by atoms with Crippen molar-refractivity contribution in [3.63, 3.8) is 0 Å². The van der Waals surface area contributed by atoms with E-state index in [0.29, 0.717) is 29.4 Å². The Kier molecular flexibility index (Phi) is 4.66. The van der Waals surface area contributed by atoms with Crippen LogP contribution in [0.4, 0.5) is 13.2 Å². The molecular formula is C16H16ClF3N2O. The number of nitrogens with zero attached hydrogens (tertiary/aromatic N) is 1. The number of furan rings is 1. The Morgan fingerprint density at radius 3 is 2.52 bits per heavy atom. The highest BCUT2D eigenvalue weighted by Crippen LogP contribution is 2.38. The fraction of sp³-hybridized carbons (Fsp3) is 0.375. The van der Waals surface area contributed by atoms with E-state index in [2.05, 4.69) is 10.2 Å². The third-order valence-electron chi connectivity index (χ3n) is 3.95. The first-order chi connectivity index (χ1) is 11.0. The van der Waals surface area contributed by atoms with E-state index < -0.39 is 17.8 Å². The predicted octanol–water partition coefficient (Wildman–Crippen LogP) is 3.95. The van der Waals surface area contributed by atoms with Crippen LogP contribution < -0.4 is 5.32 Å². The molecule has 1 aromatic carbocycles. The lowest BCUT2D eigenvalue weighted by Gasteiger charge is -2.34. The molecule has 23 heavy (non-hydrogen) atoms. The Bertz CT molecular complexity index is 652. The van der Waals surface area contributed by atoms with Gasteiger partial charge in [-0.2, -0.15) is 13.2 Å². The van der Waals surface area contributed by atoms with Gasteiger partial charge >= 0.3 is 6.18 Å². The summed E-state index contributed by atoms with van der Waals surface area (Å²) in [5.74, 6) is 0.591. The maximum atomic E-state index is 13.1. The highest BCUT2D eigenvalue weighted by atomic mass is 35.5. The van der Waals surface area contributed by atoms with E-state index in [4.69, 9.17) is 16.0 Å². The minimum absolute atomic E-state index is 0.304. The van der Waals surface area contributed by atoms with Crippen LogP contribution in [0, 0.1) is 0 Å². The molecule has 1 N–H and O–H groups in total. The fourth-order valence-corrected chi connectivity index (χ4v) is 3.07. The van der Waals surface area contributed by atoms with Gasteiger partial charge in [-0.05, 0) is 35.9 Å². The quantitative estimate of drug-likeness (QED) is 0.914. The second-order valence-corrected chi connectivity index (χ2v) is 5.85. The molecule has 1 atom stereocenters. The van der Waals surface area contributed by atoms with Crippen molar-refractivity contribution >= 4 is 11.6 Å². The zero-order valence-electron chi connectivity index (χ0n) is 12.2. The zero-order chi connectivity index (χ0) is 16.4. The average molecular weight is 345 g/mol. The van der Waals surface area contributed by atoms with Gasteiger partial charge in [-0.15, -0.1) is 0 Å². The lowest BCUT2D eigenvalue weighted by atomic mass is 9.99. The summed E-state index contributed by atoms with van der Waals surface area (Å²) in [4.78, 5) is 2.08. The molecule has 1 aliphatic rings. The summed E-state index contributed by atoms with van der Waals surface area (Å²) in [5.41, 5.74) is -0.290. The number of halogens is 4. The van der Waals surface area contributed by atoms with E-state index in [0.717, 1.165) is 25.2 Å². The van der Waals surface area contributed by atoms with Crippen LogP contribution in [-0.2, 0) is 6.18 Å². The normalized spacial score (nSPS) is 18.1. The number of nitrogens with one attached hydrogen (secondary N) is 1. The lowest BCUT2D eigenvalue weighted by Crippen LogP contribution is -2.45. The van der Waals surface area contributed by atoms with Gasteiger partial charge in [-0.3, -0.25) is 4.90 Å². The number of rotatable bonds is 3. The summed E-state index contributed by atoms with van der Waals surface area (Å²) in [6.07, 6.45) is -2.89. The molecule has 0 radical (unpaired) electrons. The van der Waals surface area contributed by atoms with E-state index in [1.807, 2.05) is 0 Å². The van der Waals surface area contributed by atoms with E-state index in [-0.39, 0.29) is 0 Å². The summed E-state index contributed by atoms with van der Waals surface area (Å²) in [6, 6.07) is 6.50. The van der Waals surface area contributed by atoms with Crippen molar-refractivity contribution in [2.45, 2.75) is 12.2 Å². The molecule has 0 saturated carbocycles. The highest BCUT2D eigenvalue weighted by molar-refractivity contribution is 6.31. The summed E-state index contributed by atoms with van der Waals surface area (Å²) < 4.78 is 44.7. The maximum absolute atomic E-state index is 13.1. The number of hydrogen-bond acceptors (Lipinski definition) is 3. The summed E-state index contributed by atoms with van der Waals surface area (Å²) in [7, 11) is 0. The third-order valence-corrected chi connectivity index (χ3v) is 4.29. The van der Waals surface area contributed by atoms with Crippen LogP contribution in [0.2, 0.25) is 5.02 Å². The van der Waals surface area contributed by atoms with Gasteiger partial charge in [0.25, 0.3) is 0 Å². The van der Waals surface area contributed by atoms with Crippen molar-refractivity contribution in [2.75, 3.05) is 26.2 Å². The van der Waals surface area contributed by atoms with Gasteiger partial charge in [0.1, 0.15) is 5.76 Å². The van der Waals surface area contributed by atoms with E-state index in [1.165, 1.54) is 12.3 Å². The molecule has 7 heteroatoms. The van der Waals surface area contributed by atoms with E-state index in [9.17, 15) is 13.2 Å². The van der Waals surface area contributed by atoms with Gasteiger partial charge in [0.15, 0.2) is 0 Å². The fourth-order valence-electron chi connectivity index (χ4n) is 2.85. The highest BCUT2D eigenvalue weighted by Gasteiger charge is 2.34. The van der Waals surface area contributed by atoms with Gasteiger partial charge < -0.3 is 9.73 Å². The van der Waals surface area contributed by atoms with Crippen LogP contribution in [0.3, 0.4) is 0 Å². The van der Waals surface area contributed by atoms with E-state index in [1.54, 1.807) is 12.1 Å². The molecule has 1 aromatic heterocycles. The number of alkyl halides is 3. The standard InChI is InChI=1S/C16H16ClF3N2O/c17-13-4-3-11(16(18,19)20)10-12(13)15(14-2-1-9-23-14)22-7-5-21-6-8-22/h1-4,9-10,15,21H,5-8H2/t15-/m1/s1. The zero-order valence-corrected chi connectivity index (χ0v) is 13.0. The van der Waals surface area contributed by atoms with Crippen molar-refractivity contribution in [1.29, 1.82) is 0 Å². The molecule has 1 fully saturated rings. The first-order valence-corrected chi connectivity index (χ1v) is 7.69. The minimum atomic E-state index is -4.41. The molecule has 0 amide bonds. The molecule has 1 saturated heterocycles. The molecule has 2 heterocycles. The van der Waals surface area contributed by atoms with Crippen LogP contribution in [-0.4, -0.2) is 31.1 Å². The van der Waals surface area contributed by atoms with Crippen LogP contribution in [0.15, 0.2) is 41.0 Å². The van der Waals surface area contributed by atoms with Crippen LogP contribution in [0.1, 0.15) is 22.9 Å². The molecule has 3 rings (SSSR count). The smallest absolute Gasteiger partial charge is 0.416 e. The number of benzene rings is 1. The molecule has 0 spiro atoms. The molecule has 124 valence electrons. The molecule has 0 bridgehead atoms. The first-order valence-electron chi connectivity index (χ1n) is 7.31. The lowest BCUT2D eigenvalue weighted by molar-refractivity contribution is -0.137. The Labute approximate surface area is 137 Å². The second kappa shape index (κ2) is 6.55. The van der Waals surface area contributed by atoms with Crippen molar-refractivity contribution in [3.8, 4) is 0 Å². The molecule has 3 nitrogen and oxygen atoms in total. The van der Waals surface area contributed by atoms with Crippen LogP contribution in [0.25, 0.3) is 0 Å². The molecule has 1 aliphatic heterocycles. The van der Waals surface area contributed by atoms with Crippen LogP contribution in [0.5, 0.6) is 0 Å². The monoisotopic (exact) mass is 344 g/mol. The van der Waals surface area contributed by atoms with Crippen molar-refractivity contribution < 1.29 is 17.6 Å². The molecular weight excluding hydrogens is 329 g/mol. The van der Waals surface area contributed by atoms with Crippen LogP contribution >= 0.6 is 11.6 Å². The topological polar surface area (TPSA) is 28.4 Å². The average Bonchev–Trinajstić information content (AvgIpc) is 3.03. The number of hydrogen-bond donors (Lipinski definition) is 1. The summed E-state index contributed by atoms with van der Waals surface area (Å²) >= 11 is 6.23. The Hall–Kier alpha value is -1.50. The Morgan fingerprint density at radius 2 is 1.91 bits per heavy atom. The van der Waals surface area contributed by atoms with Crippen molar-refractivity contribution in [1.82, 2.24) is 10.2 Å². The van der Waals surface area contributed by atoms with Gasteiger partial charge in [-0.25, -0.2) is 0 Å². The van der Waals surface area contributed by atoms with Crippen molar-refractivity contribution in [3.05, 3.63) is 58.5 Å². The Morgan fingerprint density at radius 1 is 1.17 bits per heavy atom. The summed E-state index contributed by atoms with van der Waals surface area (Å²) in [6.45, 7) is 2.96. The van der Waals surface area contributed by atoms with Gasteiger partial charge in [-0.1, -0.05) is 11.6 Å².